The van der Waals surface area contributed by atoms with Crippen molar-refractivity contribution in [2.45, 2.75) is 11.8 Å². The number of sulfonamides is 1. The van der Waals surface area contributed by atoms with E-state index in [0.717, 1.165) is 5.56 Å². The fourth-order valence-corrected chi connectivity index (χ4v) is 2.77. The molecule has 0 aliphatic rings. The van der Waals surface area contributed by atoms with E-state index in [1.807, 2.05) is 13.0 Å². The molecule has 106 valence electrons. The fraction of sp³-hybridized carbons (Fsp3) is 0.143. The average Bonchev–Trinajstić information content (AvgIpc) is 2.39. The van der Waals surface area contributed by atoms with Crippen LogP contribution in [0.2, 0.25) is 5.02 Å². The third-order valence-electron chi connectivity index (χ3n) is 2.66. The van der Waals surface area contributed by atoms with E-state index in [-0.39, 0.29) is 10.6 Å². The maximum Gasteiger partial charge on any atom is 0.123 e. The van der Waals surface area contributed by atoms with Gasteiger partial charge < -0.3 is 9.46 Å². The van der Waals surface area contributed by atoms with E-state index in [2.05, 4.69) is 4.72 Å². The molecule has 0 heterocycles. The predicted molar refractivity (Wildman–Crippen MR) is 79.4 cm³/mol. The van der Waals surface area contributed by atoms with Crippen molar-refractivity contribution in [3.63, 3.8) is 0 Å². The smallest absolute Gasteiger partial charge is 0.123 e. The summed E-state index contributed by atoms with van der Waals surface area (Å²) in [6, 6.07) is 11.0. The predicted octanol–water partition coefficient (Wildman–Crippen LogP) is 4.05. The molecule has 0 amide bonds. The largest absolute Gasteiger partial charge is 0.570 e. The highest BCUT2D eigenvalue weighted by atomic mass is 35.5. The summed E-state index contributed by atoms with van der Waals surface area (Å²) in [5.74, 6) is 0.410. The number of nitrogens with zero attached hydrogens (tertiary/aromatic N) is 1. The first-order valence-corrected chi connectivity index (χ1v) is 7.62. The molecule has 0 N–H and O–H groups in total. The van der Waals surface area contributed by atoms with E-state index in [4.69, 9.17) is 16.3 Å². The number of rotatable bonds is 4. The van der Waals surface area contributed by atoms with Crippen molar-refractivity contribution >= 4 is 27.3 Å². The SMILES string of the molecule is COc1ccc(C)cc1[N-]S(=O)(=O)c1ccc(Cl)cc1. The van der Waals surface area contributed by atoms with Gasteiger partial charge in [0.15, 0.2) is 0 Å². The van der Waals surface area contributed by atoms with Crippen LogP contribution in [-0.4, -0.2) is 15.5 Å². The van der Waals surface area contributed by atoms with E-state index >= 15 is 0 Å². The van der Waals surface area contributed by atoms with Crippen LogP contribution in [0.15, 0.2) is 47.4 Å². The Morgan fingerprint density at radius 3 is 2.35 bits per heavy atom. The van der Waals surface area contributed by atoms with Gasteiger partial charge in [-0.25, -0.2) is 8.42 Å². The summed E-state index contributed by atoms with van der Waals surface area (Å²) in [7, 11) is -2.32. The summed E-state index contributed by atoms with van der Waals surface area (Å²) in [5, 5.41) is 0.470. The van der Waals surface area contributed by atoms with Gasteiger partial charge >= 0.3 is 0 Å². The zero-order valence-electron chi connectivity index (χ0n) is 11.0. The Labute approximate surface area is 123 Å². The van der Waals surface area contributed by atoms with Crippen molar-refractivity contribution in [3.05, 3.63) is 57.8 Å². The molecular weight excluding hydrogens is 298 g/mol. The molecule has 2 rings (SSSR count). The van der Waals surface area contributed by atoms with E-state index in [1.165, 1.54) is 31.4 Å². The zero-order chi connectivity index (χ0) is 14.8. The molecule has 4 nitrogen and oxygen atoms in total. The van der Waals surface area contributed by atoms with Crippen LogP contribution in [0.5, 0.6) is 5.75 Å². The van der Waals surface area contributed by atoms with Gasteiger partial charge in [0, 0.05) is 5.02 Å². The van der Waals surface area contributed by atoms with Gasteiger partial charge in [0.05, 0.1) is 12.0 Å². The summed E-state index contributed by atoms with van der Waals surface area (Å²) >= 11 is 5.74. The molecule has 6 heteroatoms. The van der Waals surface area contributed by atoms with Crippen LogP contribution in [0.1, 0.15) is 5.56 Å². The molecule has 0 radical (unpaired) electrons. The van der Waals surface area contributed by atoms with Crippen molar-refractivity contribution < 1.29 is 13.2 Å². The highest BCUT2D eigenvalue weighted by molar-refractivity contribution is 7.94. The molecule has 0 spiro atoms. The van der Waals surface area contributed by atoms with Crippen LogP contribution < -0.4 is 4.74 Å². The van der Waals surface area contributed by atoms with E-state index in [9.17, 15) is 8.42 Å². The summed E-state index contributed by atoms with van der Waals surface area (Å²) in [6.45, 7) is 1.85. The Bertz CT molecular complexity index is 712. The number of hydrogen-bond acceptors (Lipinski definition) is 3. The Morgan fingerprint density at radius 2 is 1.75 bits per heavy atom. The topological polar surface area (TPSA) is 57.5 Å². The van der Waals surface area contributed by atoms with Gasteiger partial charge in [0.1, 0.15) is 15.8 Å². The van der Waals surface area contributed by atoms with E-state index in [0.29, 0.717) is 10.8 Å². The zero-order valence-corrected chi connectivity index (χ0v) is 12.6. The third-order valence-corrected chi connectivity index (χ3v) is 4.22. The minimum Gasteiger partial charge on any atom is -0.570 e. The third kappa shape index (κ3) is 3.23. The number of benzene rings is 2. The number of methoxy groups -OCH3 is 1. The van der Waals surface area contributed by atoms with Gasteiger partial charge in [-0.3, -0.25) is 0 Å². The first-order valence-electron chi connectivity index (χ1n) is 5.80. The Morgan fingerprint density at radius 1 is 1.10 bits per heavy atom. The first-order chi connectivity index (χ1) is 9.42. The van der Waals surface area contributed by atoms with Crippen molar-refractivity contribution in [2.75, 3.05) is 7.11 Å². The molecule has 2 aromatic carbocycles. The molecule has 2 aromatic rings. The van der Waals surface area contributed by atoms with Crippen molar-refractivity contribution in [1.82, 2.24) is 0 Å². The molecule has 0 saturated heterocycles. The maximum absolute atomic E-state index is 12.2. The number of ether oxygens (including phenoxy) is 1. The molecule has 20 heavy (non-hydrogen) atoms. The summed E-state index contributed by atoms with van der Waals surface area (Å²) in [6.07, 6.45) is 0. The molecule has 0 saturated carbocycles. The highest BCUT2D eigenvalue weighted by Crippen LogP contribution is 2.36. The first kappa shape index (κ1) is 14.7. The molecule has 0 aliphatic carbocycles. The Balaban J connectivity index is 2.37. The summed E-state index contributed by atoms with van der Waals surface area (Å²) < 4.78 is 33.4. The monoisotopic (exact) mass is 310 g/mol. The standard InChI is InChI=1S/C14H13ClNO3S/c1-10-3-8-14(19-2)13(9-10)16-20(17,18)12-6-4-11(15)5-7-12/h3-9H,1-2H3/q-1. The van der Waals surface area contributed by atoms with Gasteiger partial charge in [-0.05, 0) is 37.3 Å². The Hall–Kier alpha value is -1.72. The average molecular weight is 311 g/mol. The molecule has 0 fully saturated rings. The highest BCUT2D eigenvalue weighted by Gasteiger charge is 2.06. The Kier molecular flexibility index (Phi) is 4.20. The number of halogens is 1. The van der Waals surface area contributed by atoms with E-state index in [1.54, 1.807) is 12.1 Å². The second-order valence-corrected chi connectivity index (χ2v) is 6.24. The molecule has 0 unspecified atom stereocenters. The molecule has 0 aliphatic heterocycles. The van der Waals surface area contributed by atoms with Crippen molar-refractivity contribution in [1.29, 1.82) is 0 Å². The van der Waals surface area contributed by atoms with Gasteiger partial charge in [0.2, 0.25) is 0 Å². The second-order valence-electron chi connectivity index (χ2n) is 4.20. The van der Waals surface area contributed by atoms with Crippen LogP contribution >= 0.6 is 11.6 Å². The van der Waals surface area contributed by atoms with Crippen LogP contribution in [0.4, 0.5) is 5.69 Å². The lowest BCUT2D eigenvalue weighted by molar-refractivity contribution is 0.417. The lowest BCUT2D eigenvalue weighted by atomic mass is 10.2. The summed E-state index contributed by atoms with van der Waals surface area (Å²) in [4.78, 5) is 0.0884. The minimum absolute atomic E-state index is 0.0884. The quantitative estimate of drug-likeness (QED) is 0.856. The van der Waals surface area contributed by atoms with Crippen LogP contribution in [0, 0.1) is 6.92 Å². The fourth-order valence-electron chi connectivity index (χ4n) is 1.66. The molecule has 0 bridgehead atoms. The van der Waals surface area contributed by atoms with Gasteiger partial charge in [-0.2, -0.15) is 0 Å². The van der Waals surface area contributed by atoms with Gasteiger partial charge in [0.25, 0.3) is 0 Å². The maximum atomic E-state index is 12.2. The van der Waals surface area contributed by atoms with Crippen LogP contribution in [-0.2, 0) is 10.0 Å². The van der Waals surface area contributed by atoms with Crippen LogP contribution in [0.25, 0.3) is 4.72 Å². The van der Waals surface area contributed by atoms with Gasteiger partial charge in [-0.15, -0.1) is 0 Å². The lowest BCUT2D eigenvalue weighted by Crippen LogP contribution is -1.98. The summed E-state index contributed by atoms with van der Waals surface area (Å²) in [5.41, 5.74) is 1.18. The minimum atomic E-state index is -3.79. The number of hydrogen-bond donors (Lipinski definition) is 0. The van der Waals surface area contributed by atoms with E-state index < -0.39 is 10.0 Å². The van der Waals surface area contributed by atoms with Crippen molar-refractivity contribution in [3.8, 4) is 5.75 Å². The molecule has 0 aromatic heterocycles. The van der Waals surface area contributed by atoms with Crippen LogP contribution in [0.3, 0.4) is 0 Å². The normalized spacial score (nSPS) is 11.2. The van der Waals surface area contributed by atoms with Gasteiger partial charge in [-0.1, -0.05) is 35.0 Å². The lowest BCUT2D eigenvalue weighted by Gasteiger charge is -2.24. The second kappa shape index (κ2) is 5.73. The molecular formula is C14H13ClNO3S-. The number of aryl methyl sites for hydroxylation is 1. The van der Waals surface area contributed by atoms with Crippen molar-refractivity contribution in [2.24, 2.45) is 0 Å². The molecule has 0 atom stereocenters.